The number of fused-ring (bicyclic) bond motifs is 1. The van der Waals surface area contributed by atoms with Crippen LogP contribution < -0.4 is 5.32 Å². The van der Waals surface area contributed by atoms with Gasteiger partial charge in [-0.05, 0) is 61.1 Å². The monoisotopic (exact) mass is 279 g/mol. The Morgan fingerprint density at radius 2 is 1.90 bits per heavy atom. The van der Waals surface area contributed by atoms with Crippen molar-refractivity contribution in [1.82, 2.24) is 5.32 Å². The van der Waals surface area contributed by atoms with Gasteiger partial charge in [-0.2, -0.15) is 0 Å². The molecule has 2 aromatic carbocycles. The second-order valence-electron chi connectivity index (χ2n) is 6.03. The van der Waals surface area contributed by atoms with Gasteiger partial charge in [-0.1, -0.05) is 55.0 Å². The molecule has 1 heteroatoms. The lowest BCUT2D eigenvalue weighted by Crippen LogP contribution is -2.21. The largest absolute Gasteiger partial charge is 0.310 e. The third kappa shape index (κ3) is 3.54. The van der Waals surface area contributed by atoms with Gasteiger partial charge in [0.2, 0.25) is 0 Å². The fourth-order valence-electron chi connectivity index (χ4n) is 3.33. The summed E-state index contributed by atoms with van der Waals surface area (Å²) in [6.45, 7) is 3.22. The first kappa shape index (κ1) is 14.3. The number of hydrogen-bond donors (Lipinski definition) is 1. The number of benzene rings is 2. The van der Waals surface area contributed by atoms with Gasteiger partial charge in [0.15, 0.2) is 0 Å². The zero-order valence-electron chi connectivity index (χ0n) is 12.9. The van der Waals surface area contributed by atoms with Gasteiger partial charge in [0.1, 0.15) is 0 Å². The second-order valence-corrected chi connectivity index (χ2v) is 6.03. The highest BCUT2D eigenvalue weighted by Gasteiger charge is 2.14. The molecule has 0 fully saturated rings. The number of nitrogens with one attached hydrogen (secondary N) is 1. The van der Waals surface area contributed by atoms with E-state index in [1.54, 1.807) is 5.57 Å². The summed E-state index contributed by atoms with van der Waals surface area (Å²) in [7, 11) is 0. The Hall–Kier alpha value is -1.60. The molecule has 1 unspecified atom stereocenters. The van der Waals surface area contributed by atoms with Crippen LogP contribution in [0.3, 0.4) is 0 Å². The molecule has 0 radical (unpaired) electrons. The van der Waals surface area contributed by atoms with Gasteiger partial charge in [-0.25, -0.2) is 0 Å². The topological polar surface area (TPSA) is 12.0 Å². The number of hydrogen-bond acceptors (Lipinski definition) is 1. The van der Waals surface area contributed by atoms with E-state index in [1.807, 2.05) is 0 Å². The Morgan fingerprint density at radius 1 is 1.05 bits per heavy atom. The fraction of sp³-hybridized carbons (Fsp3) is 0.400. The van der Waals surface area contributed by atoms with Gasteiger partial charge >= 0.3 is 0 Å². The van der Waals surface area contributed by atoms with Crippen LogP contribution in [0.15, 0.2) is 54.1 Å². The number of rotatable bonds is 5. The van der Waals surface area contributed by atoms with Gasteiger partial charge in [0, 0.05) is 6.04 Å². The summed E-state index contributed by atoms with van der Waals surface area (Å²) in [4.78, 5) is 0. The van der Waals surface area contributed by atoms with Crippen molar-refractivity contribution in [2.75, 3.05) is 6.54 Å². The van der Waals surface area contributed by atoms with E-state index in [4.69, 9.17) is 0 Å². The van der Waals surface area contributed by atoms with Crippen molar-refractivity contribution in [3.8, 4) is 0 Å². The summed E-state index contributed by atoms with van der Waals surface area (Å²) in [6, 6.07) is 16.0. The molecular formula is C20H25N. The van der Waals surface area contributed by atoms with Gasteiger partial charge in [-0.15, -0.1) is 0 Å². The van der Waals surface area contributed by atoms with E-state index in [0.29, 0.717) is 6.04 Å². The molecule has 0 heterocycles. The first-order valence-electron chi connectivity index (χ1n) is 8.27. The Labute approximate surface area is 128 Å². The molecule has 1 nitrogen and oxygen atoms in total. The molecule has 1 aliphatic carbocycles. The zero-order chi connectivity index (χ0) is 14.5. The maximum Gasteiger partial charge on any atom is 0.0357 e. The second kappa shape index (κ2) is 6.91. The molecule has 110 valence electrons. The Bertz CT molecular complexity index is 627. The lowest BCUT2D eigenvalue weighted by Gasteiger charge is -2.22. The molecule has 0 bridgehead atoms. The Kier molecular flexibility index (Phi) is 4.72. The highest BCUT2D eigenvalue weighted by Crippen LogP contribution is 2.29. The zero-order valence-corrected chi connectivity index (χ0v) is 12.9. The van der Waals surface area contributed by atoms with Crippen molar-refractivity contribution in [2.45, 2.75) is 45.1 Å². The molecule has 1 aliphatic rings. The minimum atomic E-state index is 0.448. The van der Waals surface area contributed by atoms with Crippen LogP contribution in [0, 0.1) is 0 Å². The van der Waals surface area contributed by atoms with Crippen LogP contribution in [0.25, 0.3) is 10.8 Å². The van der Waals surface area contributed by atoms with E-state index in [0.717, 1.165) is 13.0 Å². The van der Waals surface area contributed by atoms with E-state index in [2.05, 4.69) is 60.8 Å². The summed E-state index contributed by atoms with van der Waals surface area (Å²) in [6.07, 6.45) is 8.91. The smallest absolute Gasteiger partial charge is 0.0357 e. The quantitative estimate of drug-likeness (QED) is 0.724. The molecule has 0 saturated carbocycles. The summed E-state index contributed by atoms with van der Waals surface area (Å²) in [5.74, 6) is 0. The predicted octanol–water partition coefficient (Wildman–Crippen LogP) is 5.38. The third-order valence-electron chi connectivity index (χ3n) is 4.48. The minimum Gasteiger partial charge on any atom is -0.310 e. The standard InChI is InChI=1S/C20H25N/c1-2-21-20(14-16-8-4-3-5-9-16)19-13-12-17-10-6-7-11-18(17)15-19/h6-8,10-13,15,20-21H,2-5,9,14H2,1H3. The minimum absolute atomic E-state index is 0.448. The molecule has 1 N–H and O–H groups in total. The fourth-order valence-corrected chi connectivity index (χ4v) is 3.33. The van der Waals surface area contributed by atoms with E-state index < -0.39 is 0 Å². The van der Waals surface area contributed by atoms with E-state index in [-0.39, 0.29) is 0 Å². The van der Waals surface area contributed by atoms with E-state index >= 15 is 0 Å². The van der Waals surface area contributed by atoms with Crippen molar-refractivity contribution in [3.05, 3.63) is 59.7 Å². The molecule has 3 rings (SSSR count). The molecule has 0 aromatic heterocycles. The van der Waals surface area contributed by atoms with Crippen LogP contribution in [0.4, 0.5) is 0 Å². The maximum absolute atomic E-state index is 3.67. The molecule has 2 aromatic rings. The van der Waals surface area contributed by atoms with Crippen LogP contribution in [-0.2, 0) is 0 Å². The molecule has 21 heavy (non-hydrogen) atoms. The molecule has 0 saturated heterocycles. The molecule has 0 amide bonds. The van der Waals surface area contributed by atoms with Crippen LogP contribution >= 0.6 is 0 Å². The first-order valence-corrected chi connectivity index (χ1v) is 8.27. The average molecular weight is 279 g/mol. The van der Waals surface area contributed by atoms with Crippen LogP contribution in [-0.4, -0.2) is 6.54 Å². The van der Waals surface area contributed by atoms with Crippen molar-refractivity contribution in [3.63, 3.8) is 0 Å². The average Bonchev–Trinajstić information content (AvgIpc) is 2.55. The van der Waals surface area contributed by atoms with Gasteiger partial charge < -0.3 is 5.32 Å². The lowest BCUT2D eigenvalue weighted by molar-refractivity contribution is 0.528. The Balaban J connectivity index is 1.85. The van der Waals surface area contributed by atoms with Crippen LogP contribution in [0.1, 0.15) is 50.6 Å². The van der Waals surface area contributed by atoms with E-state index in [1.165, 1.54) is 42.0 Å². The maximum atomic E-state index is 3.67. The normalized spacial score (nSPS) is 16.7. The van der Waals surface area contributed by atoms with Crippen molar-refractivity contribution in [1.29, 1.82) is 0 Å². The van der Waals surface area contributed by atoms with Gasteiger partial charge in [0.25, 0.3) is 0 Å². The highest BCUT2D eigenvalue weighted by molar-refractivity contribution is 5.83. The van der Waals surface area contributed by atoms with Crippen molar-refractivity contribution in [2.24, 2.45) is 0 Å². The summed E-state index contributed by atoms with van der Waals surface area (Å²) in [5, 5.41) is 6.34. The summed E-state index contributed by atoms with van der Waals surface area (Å²) >= 11 is 0. The molecular weight excluding hydrogens is 254 g/mol. The SMILES string of the molecule is CCNC(CC1=CCCCC1)c1ccc2ccccc2c1. The van der Waals surface area contributed by atoms with Crippen molar-refractivity contribution < 1.29 is 0 Å². The number of allylic oxidation sites excluding steroid dienone is 1. The highest BCUT2D eigenvalue weighted by atomic mass is 14.9. The van der Waals surface area contributed by atoms with Crippen molar-refractivity contribution >= 4 is 10.8 Å². The summed E-state index contributed by atoms with van der Waals surface area (Å²) in [5.41, 5.74) is 3.06. The van der Waals surface area contributed by atoms with E-state index in [9.17, 15) is 0 Å². The van der Waals surface area contributed by atoms with Crippen LogP contribution in [0.2, 0.25) is 0 Å². The van der Waals surface area contributed by atoms with Gasteiger partial charge in [0.05, 0.1) is 0 Å². The summed E-state index contributed by atoms with van der Waals surface area (Å²) < 4.78 is 0. The van der Waals surface area contributed by atoms with Gasteiger partial charge in [-0.3, -0.25) is 0 Å². The lowest BCUT2D eigenvalue weighted by atomic mass is 9.91. The molecule has 1 atom stereocenters. The molecule has 0 aliphatic heterocycles. The molecule has 0 spiro atoms. The predicted molar refractivity (Wildman–Crippen MR) is 91.5 cm³/mol. The third-order valence-corrected chi connectivity index (χ3v) is 4.48. The van der Waals surface area contributed by atoms with Crippen LogP contribution in [0.5, 0.6) is 0 Å². The first-order chi connectivity index (χ1) is 10.4. The Morgan fingerprint density at radius 3 is 2.67 bits per heavy atom.